The van der Waals surface area contributed by atoms with Gasteiger partial charge in [0.2, 0.25) is 0 Å². The van der Waals surface area contributed by atoms with Gasteiger partial charge < -0.3 is 4.74 Å². The summed E-state index contributed by atoms with van der Waals surface area (Å²) in [5.74, 6) is -1.24. The van der Waals surface area contributed by atoms with E-state index in [9.17, 15) is 14.0 Å². The summed E-state index contributed by atoms with van der Waals surface area (Å²) in [4.78, 5) is 26.4. The van der Waals surface area contributed by atoms with Crippen LogP contribution in [0, 0.1) is 5.82 Å². The number of amides is 2. The van der Waals surface area contributed by atoms with Crippen LogP contribution in [0.2, 0.25) is 0 Å². The van der Waals surface area contributed by atoms with Gasteiger partial charge in [-0.25, -0.2) is 9.29 Å². The Labute approximate surface area is 149 Å². The number of hydrogen-bond donors (Lipinski definition) is 0. The average Bonchev–Trinajstić information content (AvgIpc) is 2.79. The molecule has 1 aliphatic rings. The Hall–Kier alpha value is -2.66. The molecule has 2 aromatic rings. The Morgan fingerprint density at radius 1 is 1.00 bits per heavy atom. The second kappa shape index (κ2) is 6.69. The zero-order chi connectivity index (χ0) is 18.1. The van der Waals surface area contributed by atoms with Crippen molar-refractivity contribution >= 4 is 34.7 Å². The van der Waals surface area contributed by atoms with E-state index in [1.807, 2.05) is 13.8 Å². The SMILES string of the molecule is CC(C)Oc1ccccc1N1C(=O)C(Cl)=C(c2ccc(F)cc2)C1=O. The molecule has 2 amide bonds. The minimum atomic E-state index is -0.634. The highest BCUT2D eigenvalue weighted by Crippen LogP contribution is 2.38. The van der Waals surface area contributed by atoms with E-state index in [0.29, 0.717) is 17.0 Å². The van der Waals surface area contributed by atoms with Crippen molar-refractivity contribution in [1.82, 2.24) is 0 Å². The quantitative estimate of drug-likeness (QED) is 0.771. The van der Waals surface area contributed by atoms with E-state index in [0.717, 1.165) is 4.90 Å². The molecule has 0 N–H and O–H groups in total. The van der Waals surface area contributed by atoms with Crippen molar-refractivity contribution in [2.45, 2.75) is 20.0 Å². The number of imide groups is 1. The van der Waals surface area contributed by atoms with E-state index in [1.165, 1.54) is 24.3 Å². The lowest BCUT2D eigenvalue weighted by molar-refractivity contribution is -0.119. The lowest BCUT2D eigenvalue weighted by Gasteiger charge is -2.20. The standard InChI is InChI=1S/C19H15ClFNO3/c1-11(2)25-15-6-4-3-5-14(15)22-18(23)16(17(20)19(22)24)12-7-9-13(21)10-8-12/h3-11H,1-2H3. The molecule has 0 saturated carbocycles. The second-order valence-electron chi connectivity index (χ2n) is 5.78. The topological polar surface area (TPSA) is 46.6 Å². The number of ether oxygens (including phenoxy) is 1. The molecule has 128 valence electrons. The highest BCUT2D eigenvalue weighted by molar-refractivity contribution is 6.60. The average molecular weight is 360 g/mol. The first kappa shape index (κ1) is 17.2. The molecule has 0 bridgehead atoms. The maximum atomic E-state index is 13.1. The molecule has 3 rings (SSSR count). The molecule has 25 heavy (non-hydrogen) atoms. The third-order valence-corrected chi connectivity index (χ3v) is 3.98. The Morgan fingerprint density at radius 2 is 1.64 bits per heavy atom. The van der Waals surface area contributed by atoms with Gasteiger partial charge in [-0.3, -0.25) is 9.59 Å². The van der Waals surface area contributed by atoms with Crippen LogP contribution in [0.5, 0.6) is 5.75 Å². The van der Waals surface area contributed by atoms with Crippen molar-refractivity contribution in [2.24, 2.45) is 0 Å². The van der Waals surface area contributed by atoms with Gasteiger partial charge >= 0.3 is 0 Å². The van der Waals surface area contributed by atoms with Crippen LogP contribution in [0.15, 0.2) is 53.6 Å². The summed E-state index contributed by atoms with van der Waals surface area (Å²) in [6, 6.07) is 12.0. The smallest absolute Gasteiger partial charge is 0.277 e. The molecular formula is C19H15ClFNO3. The van der Waals surface area contributed by atoms with Gasteiger partial charge in [0.05, 0.1) is 17.4 Å². The molecule has 0 unspecified atom stereocenters. The van der Waals surface area contributed by atoms with Crippen LogP contribution in [-0.2, 0) is 9.59 Å². The van der Waals surface area contributed by atoms with E-state index >= 15 is 0 Å². The van der Waals surface area contributed by atoms with Crippen molar-refractivity contribution < 1.29 is 18.7 Å². The maximum absolute atomic E-state index is 13.1. The molecule has 2 aromatic carbocycles. The first-order chi connectivity index (χ1) is 11.9. The van der Waals surface area contributed by atoms with Crippen molar-refractivity contribution in [1.29, 1.82) is 0 Å². The highest BCUT2D eigenvalue weighted by Gasteiger charge is 2.40. The summed E-state index contributed by atoms with van der Waals surface area (Å²) in [6.07, 6.45) is -0.131. The molecule has 0 atom stereocenters. The highest BCUT2D eigenvalue weighted by atomic mass is 35.5. The van der Waals surface area contributed by atoms with Gasteiger partial charge in [-0.15, -0.1) is 0 Å². The van der Waals surface area contributed by atoms with E-state index in [-0.39, 0.29) is 16.7 Å². The van der Waals surface area contributed by atoms with Gasteiger partial charge in [-0.05, 0) is 43.7 Å². The van der Waals surface area contributed by atoms with E-state index in [1.54, 1.807) is 24.3 Å². The van der Waals surface area contributed by atoms with Gasteiger partial charge in [0.15, 0.2) is 0 Å². The predicted octanol–water partition coefficient (Wildman–Crippen LogP) is 4.14. The van der Waals surface area contributed by atoms with Crippen LogP contribution >= 0.6 is 11.6 Å². The fourth-order valence-electron chi connectivity index (χ4n) is 2.58. The number of nitrogens with zero attached hydrogens (tertiary/aromatic N) is 1. The zero-order valence-electron chi connectivity index (χ0n) is 13.6. The number of anilines is 1. The molecule has 0 spiro atoms. The van der Waals surface area contributed by atoms with Gasteiger partial charge in [-0.2, -0.15) is 0 Å². The van der Waals surface area contributed by atoms with Crippen LogP contribution in [0.3, 0.4) is 0 Å². The molecule has 0 aliphatic carbocycles. The predicted molar refractivity (Wildman–Crippen MR) is 93.9 cm³/mol. The fraction of sp³-hybridized carbons (Fsp3) is 0.158. The number of carbonyl (C=O) groups is 2. The van der Waals surface area contributed by atoms with Gasteiger partial charge in [0.25, 0.3) is 11.8 Å². The third-order valence-electron chi connectivity index (χ3n) is 3.63. The van der Waals surface area contributed by atoms with Crippen molar-refractivity contribution in [2.75, 3.05) is 4.90 Å². The summed E-state index contributed by atoms with van der Waals surface area (Å²) < 4.78 is 18.8. The number of benzene rings is 2. The molecule has 0 aromatic heterocycles. The minimum absolute atomic E-state index is 0.0472. The Kier molecular flexibility index (Phi) is 4.59. The summed E-state index contributed by atoms with van der Waals surface area (Å²) in [5, 5.41) is -0.198. The largest absolute Gasteiger partial charge is 0.489 e. The van der Waals surface area contributed by atoms with Gasteiger partial charge in [-0.1, -0.05) is 35.9 Å². The van der Waals surface area contributed by atoms with E-state index < -0.39 is 17.6 Å². The molecule has 0 fully saturated rings. The number of rotatable bonds is 4. The molecule has 6 heteroatoms. The number of halogens is 2. The molecule has 0 radical (unpaired) electrons. The fourth-order valence-corrected chi connectivity index (χ4v) is 2.86. The Balaban J connectivity index is 2.04. The Morgan fingerprint density at radius 3 is 2.28 bits per heavy atom. The molecule has 4 nitrogen and oxygen atoms in total. The van der Waals surface area contributed by atoms with Crippen LogP contribution in [0.4, 0.5) is 10.1 Å². The first-order valence-electron chi connectivity index (χ1n) is 7.70. The van der Waals surface area contributed by atoms with Crippen molar-refractivity contribution in [3.05, 3.63) is 64.9 Å². The molecule has 1 aliphatic heterocycles. The summed E-state index contributed by atoms with van der Waals surface area (Å²) in [6.45, 7) is 3.69. The second-order valence-corrected chi connectivity index (χ2v) is 6.15. The Bertz CT molecular complexity index is 874. The summed E-state index contributed by atoms with van der Waals surface area (Å²) in [5.41, 5.74) is 0.752. The molecule has 0 saturated heterocycles. The number of carbonyl (C=O) groups excluding carboxylic acids is 2. The van der Waals surface area contributed by atoms with Crippen molar-refractivity contribution in [3.8, 4) is 5.75 Å². The third kappa shape index (κ3) is 3.15. The van der Waals surface area contributed by atoms with Gasteiger partial charge in [0, 0.05) is 0 Å². The van der Waals surface area contributed by atoms with Crippen LogP contribution in [0.25, 0.3) is 5.57 Å². The van der Waals surface area contributed by atoms with Crippen molar-refractivity contribution in [3.63, 3.8) is 0 Å². The monoisotopic (exact) mass is 359 g/mol. The minimum Gasteiger partial charge on any atom is -0.489 e. The molecular weight excluding hydrogens is 345 g/mol. The summed E-state index contributed by atoms with van der Waals surface area (Å²) in [7, 11) is 0. The number of para-hydroxylation sites is 2. The van der Waals surface area contributed by atoms with E-state index in [4.69, 9.17) is 16.3 Å². The van der Waals surface area contributed by atoms with Crippen LogP contribution in [0.1, 0.15) is 19.4 Å². The lowest BCUT2D eigenvalue weighted by Crippen LogP contribution is -2.31. The summed E-state index contributed by atoms with van der Waals surface area (Å²) >= 11 is 6.13. The first-order valence-corrected chi connectivity index (χ1v) is 8.08. The lowest BCUT2D eigenvalue weighted by atomic mass is 10.1. The number of hydrogen-bond acceptors (Lipinski definition) is 3. The van der Waals surface area contributed by atoms with Crippen LogP contribution in [-0.4, -0.2) is 17.9 Å². The van der Waals surface area contributed by atoms with Gasteiger partial charge in [0.1, 0.15) is 16.6 Å². The maximum Gasteiger partial charge on any atom is 0.277 e. The molecule has 1 heterocycles. The normalized spacial score (nSPS) is 14.7. The zero-order valence-corrected chi connectivity index (χ0v) is 14.4. The van der Waals surface area contributed by atoms with Crippen LogP contribution < -0.4 is 9.64 Å². The van der Waals surface area contributed by atoms with E-state index in [2.05, 4.69) is 0 Å².